The molecule has 1 aliphatic rings. The van der Waals surface area contributed by atoms with Crippen LogP contribution in [0.1, 0.15) is 11.1 Å². The Bertz CT molecular complexity index is 754. The van der Waals surface area contributed by atoms with E-state index in [1.807, 2.05) is 19.1 Å². The van der Waals surface area contributed by atoms with Crippen LogP contribution in [-0.2, 0) is 11.2 Å². The number of fused-ring (bicyclic) bond motifs is 1. The van der Waals surface area contributed by atoms with E-state index in [0.29, 0.717) is 22.8 Å². The van der Waals surface area contributed by atoms with E-state index in [-0.39, 0.29) is 11.9 Å². The number of aryl methyl sites for hydroxylation is 1. The van der Waals surface area contributed by atoms with Crippen LogP contribution in [0.4, 0.5) is 21.9 Å². The Kier molecular flexibility index (Phi) is 3.73. The number of hydrogen-bond acceptors (Lipinski definition) is 2. The molecular formula is C16H14ClN3O2. The summed E-state index contributed by atoms with van der Waals surface area (Å²) >= 11 is 5.96. The smallest absolute Gasteiger partial charge is 0.323 e. The molecule has 0 saturated carbocycles. The average Bonchev–Trinajstić information content (AvgIpc) is 2.76. The summed E-state index contributed by atoms with van der Waals surface area (Å²) in [7, 11) is 0. The second-order valence-electron chi connectivity index (χ2n) is 5.19. The Labute approximate surface area is 132 Å². The normalized spacial score (nSPS) is 12.5. The fourth-order valence-electron chi connectivity index (χ4n) is 2.41. The van der Waals surface area contributed by atoms with Gasteiger partial charge in [-0.25, -0.2) is 4.79 Å². The van der Waals surface area contributed by atoms with Crippen LogP contribution in [0.15, 0.2) is 36.4 Å². The van der Waals surface area contributed by atoms with E-state index < -0.39 is 0 Å². The van der Waals surface area contributed by atoms with Crippen molar-refractivity contribution in [3.8, 4) is 0 Å². The molecule has 1 aliphatic heterocycles. The van der Waals surface area contributed by atoms with Crippen LogP contribution in [-0.4, -0.2) is 11.9 Å². The molecule has 0 saturated heterocycles. The SMILES string of the molecule is Cc1cc(Cl)cc(NC(=O)Nc2ccc3c(c2)CC(=O)N3)c1. The highest BCUT2D eigenvalue weighted by atomic mass is 35.5. The molecule has 0 radical (unpaired) electrons. The van der Waals surface area contributed by atoms with Crippen molar-refractivity contribution in [2.24, 2.45) is 0 Å². The highest BCUT2D eigenvalue weighted by molar-refractivity contribution is 6.31. The van der Waals surface area contributed by atoms with Crippen LogP contribution in [0.5, 0.6) is 0 Å². The summed E-state index contributed by atoms with van der Waals surface area (Å²) in [6.45, 7) is 1.90. The summed E-state index contributed by atoms with van der Waals surface area (Å²) in [6, 6.07) is 10.3. The average molecular weight is 316 g/mol. The molecule has 0 aromatic heterocycles. The van der Waals surface area contributed by atoms with E-state index in [0.717, 1.165) is 16.8 Å². The van der Waals surface area contributed by atoms with Gasteiger partial charge in [0.05, 0.1) is 6.42 Å². The van der Waals surface area contributed by atoms with Gasteiger partial charge in [0.15, 0.2) is 0 Å². The molecule has 0 atom stereocenters. The van der Waals surface area contributed by atoms with Crippen LogP contribution in [0.3, 0.4) is 0 Å². The molecule has 0 aliphatic carbocycles. The first-order chi connectivity index (χ1) is 10.5. The van der Waals surface area contributed by atoms with Crippen LogP contribution >= 0.6 is 11.6 Å². The van der Waals surface area contributed by atoms with E-state index in [1.165, 1.54) is 0 Å². The molecule has 5 nitrogen and oxygen atoms in total. The Balaban J connectivity index is 1.69. The van der Waals surface area contributed by atoms with Crippen molar-refractivity contribution >= 4 is 40.6 Å². The highest BCUT2D eigenvalue weighted by Gasteiger charge is 2.17. The largest absolute Gasteiger partial charge is 0.326 e. The van der Waals surface area contributed by atoms with E-state index in [1.54, 1.807) is 24.3 Å². The number of urea groups is 1. The zero-order valence-corrected chi connectivity index (χ0v) is 12.6. The minimum Gasteiger partial charge on any atom is -0.326 e. The zero-order valence-electron chi connectivity index (χ0n) is 11.9. The monoisotopic (exact) mass is 315 g/mol. The number of benzene rings is 2. The van der Waals surface area contributed by atoms with Crippen molar-refractivity contribution in [1.29, 1.82) is 0 Å². The van der Waals surface area contributed by atoms with Crippen LogP contribution < -0.4 is 16.0 Å². The van der Waals surface area contributed by atoms with Gasteiger partial charge in [-0.15, -0.1) is 0 Å². The molecule has 0 bridgehead atoms. The fourth-order valence-corrected chi connectivity index (χ4v) is 2.70. The Hall–Kier alpha value is -2.53. The van der Waals surface area contributed by atoms with Crippen molar-refractivity contribution in [1.82, 2.24) is 0 Å². The Morgan fingerprint density at radius 1 is 1.14 bits per heavy atom. The van der Waals surface area contributed by atoms with Crippen LogP contribution in [0, 0.1) is 6.92 Å². The predicted molar refractivity (Wildman–Crippen MR) is 87.6 cm³/mol. The van der Waals surface area contributed by atoms with Crippen molar-refractivity contribution in [3.05, 3.63) is 52.5 Å². The van der Waals surface area contributed by atoms with Gasteiger partial charge in [0, 0.05) is 22.1 Å². The maximum atomic E-state index is 12.0. The highest BCUT2D eigenvalue weighted by Crippen LogP contribution is 2.26. The van der Waals surface area contributed by atoms with Gasteiger partial charge >= 0.3 is 6.03 Å². The van der Waals surface area contributed by atoms with Gasteiger partial charge in [-0.1, -0.05) is 11.6 Å². The molecular weight excluding hydrogens is 302 g/mol. The summed E-state index contributed by atoms with van der Waals surface area (Å²) in [5, 5.41) is 8.79. The van der Waals surface area contributed by atoms with Gasteiger partial charge in [0.25, 0.3) is 0 Å². The van der Waals surface area contributed by atoms with Crippen LogP contribution in [0.25, 0.3) is 0 Å². The first-order valence-corrected chi connectivity index (χ1v) is 7.15. The van der Waals surface area contributed by atoms with Gasteiger partial charge < -0.3 is 16.0 Å². The van der Waals surface area contributed by atoms with Gasteiger partial charge in [0.2, 0.25) is 5.91 Å². The topological polar surface area (TPSA) is 70.2 Å². The third kappa shape index (κ3) is 3.20. The van der Waals surface area contributed by atoms with Gasteiger partial charge in [-0.2, -0.15) is 0 Å². The second kappa shape index (κ2) is 5.69. The number of anilines is 3. The molecule has 0 spiro atoms. The van der Waals surface area contributed by atoms with Crippen molar-refractivity contribution in [2.75, 3.05) is 16.0 Å². The molecule has 6 heteroatoms. The number of amides is 3. The van der Waals surface area contributed by atoms with Gasteiger partial charge in [0.1, 0.15) is 0 Å². The standard InChI is InChI=1S/C16H14ClN3O2/c1-9-4-11(17)8-13(5-9)19-16(22)18-12-2-3-14-10(6-12)7-15(21)20-14/h2-6,8H,7H2,1H3,(H,20,21)(H2,18,19,22). The third-order valence-corrected chi connectivity index (χ3v) is 3.51. The minimum absolute atomic E-state index is 0.0361. The lowest BCUT2D eigenvalue weighted by atomic mass is 10.1. The summed E-state index contributed by atoms with van der Waals surface area (Å²) in [6.07, 6.45) is 0.333. The number of hydrogen-bond donors (Lipinski definition) is 3. The van der Waals surface area contributed by atoms with E-state index in [9.17, 15) is 9.59 Å². The Morgan fingerprint density at radius 2 is 1.91 bits per heavy atom. The minimum atomic E-state index is -0.362. The number of carbonyl (C=O) groups excluding carboxylic acids is 2. The molecule has 2 aromatic rings. The Morgan fingerprint density at radius 3 is 2.68 bits per heavy atom. The maximum Gasteiger partial charge on any atom is 0.323 e. The summed E-state index contributed by atoms with van der Waals surface area (Å²) < 4.78 is 0. The zero-order chi connectivity index (χ0) is 15.7. The number of carbonyl (C=O) groups is 2. The molecule has 1 heterocycles. The summed E-state index contributed by atoms with van der Waals surface area (Å²) in [4.78, 5) is 23.3. The molecule has 2 aromatic carbocycles. The molecule has 22 heavy (non-hydrogen) atoms. The first-order valence-electron chi connectivity index (χ1n) is 6.77. The molecule has 3 N–H and O–H groups in total. The number of halogens is 1. The van der Waals surface area contributed by atoms with E-state index >= 15 is 0 Å². The predicted octanol–water partition coefficient (Wildman–Crippen LogP) is 3.79. The van der Waals surface area contributed by atoms with E-state index in [4.69, 9.17) is 11.6 Å². The van der Waals surface area contributed by atoms with Crippen molar-refractivity contribution in [3.63, 3.8) is 0 Å². The van der Waals surface area contributed by atoms with Gasteiger partial charge in [-0.05, 0) is 54.4 Å². The van der Waals surface area contributed by atoms with Crippen LogP contribution in [0.2, 0.25) is 5.02 Å². The number of rotatable bonds is 2. The maximum absolute atomic E-state index is 12.0. The fraction of sp³-hybridized carbons (Fsp3) is 0.125. The molecule has 3 amide bonds. The lowest BCUT2D eigenvalue weighted by Gasteiger charge is -2.09. The van der Waals surface area contributed by atoms with E-state index in [2.05, 4.69) is 16.0 Å². The van der Waals surface area contributed by atoms with Crippen molar-refractivity contribution < 1.29 is 9.59 Å². The van der Waals surface area contributed by atoms with Crippen molar-refractivity contribution in [2.45, 2.75) is 13.3 Å². The molecule has 3 rings (SSSR count). The molecule has 0 fully saturated rings. The molecule has 112 valence electrons. The molecule has 0 unspecified atom stereocenters. The summed E-state index contributed by atoms with van der Waals surface area (Å²) in [5.74, 6) is -0.0361. The second-order valence-corrected chi connectivity index (χ2v) is 5.63. The lowest BCUT2D eigenvalue weighted by molar-refractivity contribution is -0.115. The third-order valence-electron chi connectivity index (χ3n) is 3.29. The quantitative estimate of drug-likeness (QED) is 0.789. The first kappa shape index (κ1) is 14.4. The summed E-state index contributed by atoms with van der Waals surface area (Å²) in [5.41, 5.74) is 3.89. The lowest BCUT2D eigenvalue weighted by Crippen LogP contribution is -2.19. The van der Waals surface area contributed by atoms with Gasteiger partial charge in [-0.3, -0.25) is 4.79 Å². The number of nitrogens with one attached hydrogen (secondary N) is 3.